The van der Waals surface area contributed by atoms with E-state index in [0.29, 0.717) is 22.3 Å². The van der Waals surface area contributed by atoms with E-state index in [0.717, 1.165) is 20.5 Å². The highest BCUT2D eigenvalue weighted by atomic mass is 35.5. The zero-order chi connectivity index (χ0) is 20.1. The molecule has 8 heteroatoms. The van der Waals surface area contributed by atoms with Crippen LogP contribution in [0.2, 0.25) is 14.4 Å². The van der Waals surface area contributed by atoms with Crippen molar-refractivity contribution < 1.29 is 9.53 Å². The fourth-order valence-electron chi connectivity index (χ4n) is 2.51. The van der Waals surface area contributed by atoms with Gasteiger partial charge in [-0.2, -0.15) is 0 Å². The Morgan fingerprint density at radius 2 is 1.86 bits per heavy atom. The number of ether oxygens (including phenoxy) is 1. The van der Waals surface area contributed by atoms with Gasteiger partial charge < -0.3 is 9.64 Å². The molecule has 0 atom stereocenters. The minimum atomic E-state index is -0.601. The first-order valence-corrected chi connectivity index (χ1v) is 10.3. The SMILES string of the molecule is CN(Cc1ccc(Cl)s1)c1ccc(NC(=O)OCc2ccccc2Cl)c(Cl)c1. The van der Waals surface area contributed by atoms with Gasteiger partial charge in [0.2, 0.25) is 0 Å². The van der Waals surface area contributed by atoms with Crippen LogP contribution in [0.5, 0.6) is 0 Å². The van der Waals surface area contributed by atoms with E-state index in [9.17, 15) is 4.79 Å². The van der Waals surface area contributed by atoms with Gasteiger partial charge in [-0.1, -0.05) is 53.0 Å². The maximum absolute atomic E-state index is 12.1. The van der Waals surface area contributed by atoms with Gasteiger partial charge in [0.25, 0.3) is 0 Å². The van der Waals surface area contributed by atoms with Crippen LogP contribution in [-0.4, -0.2) is 13.1 Å². The zero-order valence-electron chi connectivity index (χ0n) is 14.9. The van der Waals surface area contributed by atoms with Crippen molar-refractivity contribution in [1.82, 2.24) is 0 Å². The topological polar surface area (TPSA) is 41.6 Å². The summed E-state index contributed by atoms with van der Waals surface area (Å²) in [4.78, 5) is 15.3. The Hall–Kier alpha value is -1.92. The molecule has 0 aliphatic carbocycles. The molecule has 0 saturated carbocycles. The summed E-state index contributed by atoms with van der Waals surface area (Å²) in [6.07, 6.45) is -0.601. The summed E-state index contributed by atoms with van der Waals surface area (Å²) < 4.78 is 5.97. The van der Waals surface area contributed by atoms with Crippen molar-refractivity contribution in [2.45, 2.75) is 13.2 Å². The number of hydrogen-bond donors (Lipinski definition) is 1. The summed E-state index contributed by atoms with van der Waals surface area (Å²) in [6, 6.07) is 16.5. The molecule has 146 valence electrons. The van der Waals surface area contributed by atoms with Crippen molar-refractivity contribution in [1.29, 1.82) is 0 Å². The van der Waals surface area contributed by atoms with Crippen LogP contribution in [0.15, 0.2) is 54.6 Å². The van der Waals surface area contributed by atoms with Crippen LogP contribution in [-0.2, 0) is 17.9 Å². The molecule has 0 aliphatic heterocycles. The first-order valence-electron chi connectivity index (χ1n) is 8.34. The van der Waals surface area contributed by atoms with E-state index in [1.165, 1.54) is 11.3 Å². The number of carbonyl (C=O) groups is 1. The fraction of sp³-hybridized carbons (Fsp3) is 0.150. The van der Waals surface area contributed by atoms with Crippen molar-refractivity contribution in [3.8, 4) is 0 Å². The third kappa shape index (κ3) is 5.55. The van der Waals surface area contributed by atoms with Crippen LogP contribution < -0.4 is 10.2 Å². The lowest BCUT2D eigenvalue weighted by atomic mass is 10.2. The molecule has 2 aromatic carbocycles. The molecule has 3 rings (SSSR count). The van der Waals surface area contributed by atoms with Crippen molar-refractivity contribution in [2.75, 3.05) is 17.3 Å². The van der Waals surface area contributed by atoms with E-state index in [1.54, 1.807) is 24.3 Å². The minimum Gasteiger partial charge on any atom is -0.444 e. The summed E-state index contributed by atoms with van der Waals surface area (Å²) in [5, 5.41) is 3.62. The molecule has 0 bridgehead atoms. The quantitative estimate of drug-likeness (QED) is 0.431. The Kier molecular flexibility index (Phi) is 7.08. The summed E-state index contributed by atoms with van der Waals surface area (Å²) in [7, 11) is 1.96. The fourth-order valence-corrected chi connectivity index (χ4v) is 4.06. The van der Waals surface area contributed by atoms with Gasteiger partial charge in [0, 0.05) is 28.2 Å². The monoisotopic (exact) mass is 454 g/mol. The number of benzene rings is 2. The number of rotatable bonds is 6. The van der Waals surface area contributed by atoms with Gasteiger partial charge in [-0.25, -0.2) is 4.79 Å². The average molecular weight is 456 g/mol. The number of thiophene rings is 1. The Morgan fingerprint density at radius 3 is 2.54 bits per heavy atom. The van der Waals surface area contributed by atoms with E-state index in [-0.39, 0.29) is 6.61 Å². The third-order valence-corrected chi connectivity index (χ3v) is 5.87. The van der Waals surface area contributed by atoms with Crippen LogP contribution in [0.4, 0.5) is 16.2 Å². The first-order chi connectivity index (χ1) is 13.4. The summed E-state index contributed by atoms with van der Waals surface area (Å²) in [6.45, 7) is 0.785. The van der Waals surface area contributed by atoms with Crippen LogP contribution >= 0.6 is 46.1 Å². The zero-order valence-corrected chi connectivity index (χ0v) is 18.0. The second-order valence-corrected chi connectivity index (χ2v) is 8.63. The van der Waals surface area contributed by atoms with E-state index in [2.05, 4.69) is 5.32 Å². The molecule has 0 fully saturated rings. The molecular formula is C20H17Cl3N2O2S. The molecule has 0 spiro atoms. The lowest BCUT2D eigenvalue weighted by Gasteiger charge is -2.19. The van der Waals surface area contributed by atoms with Crippen LogP contribution in [0, 0.1) is 0 Å². The smallest absolute Gasteiger partial charge is 0.412 e. The Labute approximate surface area is 182 Å². The number of nitrogens with zero attached hydrogens (tertiary/aromatic N) is 1. The van der Waals surface area contributed by atoms with Gasteiger partial charge in [0.1, 0.15) is 6.61 Å². The highest BCUT2D eigenvalue weighted by Crippen LogP contribution is 2.29. The van der Waals surface area contributed by atoms with Gasteiger partial charge in [0.05, 0.1) is 21.6 Å². The summed E-state index contributed by atoms with van der Waals surface area (Å²) >= 11 is 19.9. The van der Waals surface area contributed by atoms with Crippen molar-refractivity contribution in [3.63, 3.8) is 0 Å². The highest BCUT2D eigenvalue weighted by molar-refractivity contribution is 7.16. The van der Waals surface area contributed by atoms with E-state index >= 15 is 0 Å². The number of carbonyl (C=O) groups excluding carboxylic acids is 1. The molecule has 1 aromatic heterocycles. The standard InChI is InChI=1S/C20H17Cl3N2O2S/c1-25(11-15-7-9-19(23)28-15)14-6-8-18(17(22)10-14)24-20(26)27-12-13-4-2-3-5-16(13)21/h2-10H,11-12H2,1H3,(H,24,26). The lowest BCUT2D eigenvalue weighted by Crippen LogP contribution is -2.16. The molecular weight excluding hydrogens is 439 g/mol. The second kappa shape index (κ2) is 9.52. The molecule has 0 aliphatic rings. The minimum absolute atomic E-state index is 0.0767. The molecule has 4 nitrogen and oxygen atoms in total. The third-order valence-electron chi connectivity index (χ3n) is 3.97. The number of amides is 1. The van der Waals surface area contributed by atoms with Gasteiger partial charge in [-0.3, -0.25) is 5.32 Å². The number of nitrogens with one attached hydrogen (secondary N) is 1. The van der Waals surface area contributed by atoms with E-state index in [1.807, 2.05) is 42.3 Å². The van der Waals surface area contributed by atoms with Crippen LogP contribution in [0.3, 0.4) is 0 Å². The first kappa shape index (κ1) is 20.8. The predicted molar refractivity (Wildman–Crippen MR) is 118 cm³/mol. The maximum Gasteiger partial charge on any atom is 0.412 e. The maximum atomic E-state index is 12.1. The molecule has 28 heavy (non-hydrogen) atoms. The largest absolute Gasteiger partial charge is 0.444 e. The van der Waals surface area contributed by atoms with Crippen molar-refractivity contribution in [3.05, 3.63) is 79.4 Å². The van der Waals surface area contributed by atoms with Crippen molar-refractivity contribution >= 4 is 63.6 Å². The molecule has 1 heterocycles. The Balaban J connectivity index is 1.59. The lowest BCUT2D eigenvalue weighted by molar-refractivity contribution is 0.155. The molecule has 1 N–H and O–H groups in total. The summed E-state index contributed by atoms with van der Waals surface area (Å²) in [5.74, 6) is 0. The molecule has 0 saturated heterocycles. The second-order valence-electron chi connectivity index (χ2n) is 6.02. The van der Waals surface area contributed by atoms with Gasteiger partial charge in [0.15, 0.2) is 0 Å². The predicted octanol–water partition coefficient (Wildman–Crippen LogP) is 7.09. The molecule has 0 radical (unpaired) electrons. The average Bonchev–Trinajstić information content (AvgIpc) is 3.07. The van der Waals surface area contributed by atoms with E-state index in [4.69, 9.17) is 39.5 Å². The Bertz CT molecular complexity index is 978. The van der Waals surface area contributed by atoms with Gasteiger partial charge in [-0.05, 0) is 36.4 Å². The van der Waals surface area contributed by atoms with Crippen LogP contribution in [0.1, 0.15) is 10.4 Å². The van der Waals surface area contributed by atoms with E-state index < -0.39 is 6.09 Å². The molecule has 1 amide bonds. The van der Waals surface area contributed by atoms with Crippen LogP contribution in [0.25, 0.3) is 0 Å². The number of hydrogen-bond acceptors (Lipinski definition) is 4. The summed E-state index contributed by atoms with van der Waals surface area (Å²) in [5.41, 5.74) is 2.13. The number of halogens is 3. The molecule has 0 unspecified atom stereocenters. The van der Waals surface area contributed by atoms with Gasteiger partial charge >= 0.3 is 6.09 Å². The number of anilines is 2. The normalized spacial score (nSPS) is 10.6. The Morgan fingerprint density at radius 1 is 1.07 bits per heavy atom. The van der Waals surface area contributed by atoms with Gasteiger partial charge in [-0.15, -0.1) is 11.3 Å². The molecule has 3 aromatic rings. The van der Waals surface area contributed by atoms with Crippen molar-refractivity contribution in [2.24, 2.45) is 0 Å². The highest BCUT2D eigenvalue weighted by Gasteiger charge is 2.11.